The number of hydrogen-bond acceptors (Lipinski definition) is 8. The summed E-state index contributed by atoms with van der Waals surface area (Å²) in [7, 11) is 0. The molecule has 0 saturated heterocycles. The first kappa shape index (κ1) is 32.9. The predicted molar refractivity (Wildman–Crippen MR) is 165 cm³/mol. The van der Waals surface area contributed by atoms with Crippen molar-refractivity contribution in [3.8, 4) is 0 Å². The third-order valence-corrected chi connectivity index (χ3v) is 7.06. The molecule has 4 aromatic rings. The zero-order valence-electron chi connectivity index (χ0n) is 24.4. The highest BCUT2D eigenvalue weighted by Gasteiger charge is 2.34. The maximum atomic E-state index is 11.4. The van der Waals surface area contributed by atoms with Crippen molar-refractivity contribution in [3.05, 3.63) is 143 Å². The third-order valence-electron chi connectivity index (χ3n) is 7.06. The zero-order chi connectivity index (χ0) is 31.0. The lowest BCUT2D eigenvalue weighted by Gasteiger charge is -2.32. The first-order valence-corrected chi connectivity index (χ1v) is 14.5. The summed E-state index contributed by atoms with van der Waals surface area (Å²) in [5.41, 5.74) is 4.60. The first-order chi connectivity index (χ1) is 21.6. The second kappa shape index (κ2) is 17.9. The number of aliphatic hydroxyl groups is 2. The summed E-state index contributed by atoms with van der Waals surface area (Å²) in [6, 6.07) is 33.1. The number of rotatable bonds is 19. The van der Waals surface area contributed by atoms with E-state index in [2.05, 4.69) is 0 Å². The fraction of sp³-hybridized carbons (Fsp3) is 0.278. The first-order valence-electron chi connectivity index (χ1n) is 14.5. The van der Waals surface area contributed by atoms with E-state index in [0.29, 0.717) is 24.3 Å². The third kappa shape index (κ3) is 10.6. The lowest BCUT2D eigenvalue weighted by Crippen LogP contribution is -2.49. The van der Waals surface area contributed by atoms with Gasteiger partial charge in [-0.05, 0) is 22.3 Å². The van der Waals surface area contributed by atoms with Crippen molar-refractivity contribution in [2.75, 3.05) is 13.2 Å². The van der Waals surface area contributed by atoms with E-state index < -0.39 is 24.4 Å². The van der Waals surface area contributed by atoms with E-state index in [9.17, 15) is 19.8 Å². The lowest BCUT2D eigenvalue weighted by molar-refractivity contribution is -0.170. The van der Waals surface area contributed by atoms with Crippen molar-refractivity contribution in [2.24, 2.45) is 0 Å². The molecule has 8 nitrogen and oxygen atoms in total. The Balaban J connectivity index is 1.45. The molecule has 0 fully saturated rings. The van der Waals surface area contributed by atoms with Gasteiger partial charge >= 0.3 is 0 Å². The molecule has 4 atom stereocenters. The molecular formula is C36H38O8. The second-order valence-corrected chi connectivity index (χ2v) is 10.4. The molecule has 0 saturated carbocycles. The molecule has 0 aliphatic heterocycles. The number of carbonyl (C=O) groups is 2. The van der Waals surface area contributed by atoms with Gasteiger partial charge in [0.25, 0.3) is 0 Å². The van der Waals surface area contributed by atoms with Crippen LogP contribution in [0.1, 0.15) is 43.0 Å². The smallest absolute Gasteiger partial charge is 0.150 e. The summed E-state index contributed by atoms with van der Waals surface area (Å²) in [4.78, 5) is 22.1. The van der Waals surface area contributed by atoms with Crippen LogP contribution in [-0.4, -0.2) is 60.4 Å². The molecule has 0 aliphatic carbocycles. The van der Waals surface area contributed by atoms with E-state index in [0.717, 1.165) is 34.8 Å². The monoisotopic (exact) mass is 598 g/mol. The molecule has 0 aliphatic rings. The Labute approximate surface area is 257 Å². The van der Waals surface area contributed by atoms with Crippen molar-refractivity contribution in [1.29, 1.82) is 0 Å². The highest BCUT2D eigenvalue weighted by atomic mass is 16.6. The van der Waals surface area contributed by atoms with Crippen molar-refractivity contribution in [2.45, 2.75) is 50.8 Å². The molecule has 4 aromatic carbocycles. The predicted octanol–water partition coefficient (Wildman–Crippen LogP) is 4.94. The quantitative estimate of drug-likeness (QED) is 0.146. The van der Waals surface area contributed by atoms with Gasteiger partial charge < -0.3 is 29.2 Å². The van der Waals surface area contributed by atoms with E-state index in [1.807, 2.05) is 60.7 Å². The van der Waals surface area contributed by atoms with E-state index >= 15 is 0 Å². The van der Waals surface area contributed by atoms with Crippen LogP contribution in [0.2, 0.25) is 0 Å². The molecule has 0 bridgehead atoms. The standard InChI is InChI=1S/C36H38O8/c37-19-27-11-15-31(16-12-27)23-43-33(25-41-21-29-7-3-1-4-8-29)35(39)36(40)34(26-42-22-30-9-5-2-6-10-30)44-24-32-17-13-28(20-38)14-18-32/h1-20,33-36,39-40H,21-26H2/t33-,34-,35-,36-/m1/s1. The van der Waals surface area contributed by atoms with Gasteiger partial charge in [0.2, 0.25) is 0 Å². The largest absolute Gasteiger partial charge is 0.388 e. The summed E-state index contributed by atoms with van der Waals surface area (Å²) in [5.74, 6) is 0. The Morgan fingerprint density at radius 1 is 0.477 bits per heavy atom. The zero-order valence-corrected chi connectivity index (χ0v) is 24.4. The number of hydrogen-bond donors (Lipinski definition) is 2. The molecule has 8 heteroatoms. The summed E-state index contributed by atoms with van der Waals surface area (Å²) in [5, 5.41) is 22.8. The van der Waals surface area contributed by atoms with E-state index in [-0.39, 0.29) is 26.4 Å². The Morgan fingerprint density at radius 2 is 0.818 bits per heavy atom. The van der Waals surface area contributed by atoms with Gasteiger partial charge in [-0.1, -0.05) is 109 Å². The minimum atomic E-state index is -1.39. The van der Waals surface area contributed by atoms with Crippen LogP contribution in [0.3, 0.4) is 0 Å². The molecule has 44 heavy (non-hydrogen) atoms. The molecule has 0 aromatic heterocycles. The van der Waals surface area contributed by atoms with Gasteiger partial charge in [0.1, 0.15) is 37.0 Å². The van der Waals surface area contributed by atoms with E-state index in [4.69, 9.17) is 18.9 Å². The highest BCUT2D eigenvalue weighted by Crippen LogP contribution is 2.18. The van der Waals surface area contributed by atoms with Crippen LogP contribution < -0.4 is 0 Å². The Kier molecular flexibility index (Phi) is 13.4. The summed E-state index contributed by atoms with van der Waals surface area (Å²) >= 11 is 0. The summed E-state index contributed by atoms with van der Waals surface area (Å²) in [6.45, 7) is 0.861. The Bertz CT molecular complexity index is 1270. The fourth-order valence-corrected chi connectivity index (χ4v) is 4.46. The topological polar surface area (TPSA) is 112 Å². The molecule has 0 heterocycles. The Morgan fingerprint density at radius 3 is 1.16 bits per heavy atom. The van der Waals surface area contributed by atoms with Crippen LogP contribution in [0, 0.1) is 0 Å². The van der Waals surface area contributed by atoms with E-state index in [1.165, 1.54) is 0 Å². The van der Waals surface area contributed by atoms with Crippen LogP contribution in [0.5, 0.6) is 0 Å². The molecule has 0 spiro atoms. The molecule has 2 N–H and O–H groups in total. The van der Waals surface area contributed by atoms with Crippen molar-refractivity contribution in [1.82, 2.24) is 0 Å². The van der Waals surface area contributed by atoms with Gasteiger partial charge in [-0.2, -0.15) is 0 Å². The number of aldehydes is 2. The number of ether oxygens (including phenoxy) is 4. The second-order valence-electron chi connectivity index (χ2n) is 10.4. The van der Waals surface area contributed by atoms with Gasteiger partial charge in [-0.25, -0.2) is 0 Å². The normalized spacial score (nSPS) is 14.0. The van der Waals surface area contributed by atoms with Crippen LogP contribution in [-0.2, 0) is 45.4 Å². The maximum Gasteiger partial charge on any atom is 0.150 e. The van der Waals surface area contributed by atoms with E-state index in [1.54, 1.807) is 48.5 Å². The van der Waals surface area contributed by atoms with Gasteiger partial charge in [0.15, 0.2) is 0 Å². The van der Waals surface area contributed by atoms with Crippen LogP contribution in [0.25, 0.3) is 0 Å². The fourth-order valence-electron chi connectivity index (χ4n) is 4.46. The lowest BCUT2D eigenvalue weighted by atomic mass is 10.0. The van der Waals surface area contributed by atoms with Crippen molar-refractivity contribution < 1.29 is 38.7 Å². The highest BCUT2D eigenvalue weighted by molar-refractivity contribution is 5.75. The average Bonchev–Trinajstić information content (AvgIpc) is 3.08. The van der Waals surface area contributed by atoms with Crippen LogP contribution >= 0.6 is 0 Å². The summed E-state index contributed by atoms with van der Waals surface area (Å²) in [6.07, 6.45) is -3.06. The molecule has 4 rings (SSSR count). The van der Waals surface area contributed by atoms with Crippen LogP contribution in [0.4, 0.5) is 0 Å². The minimum absolute atomic E-state index is 0.00426. The SMILES string of the molecule is O=Cc1ccc(CO[C@H](COCc2ccccc2)[C@@H](O)[C@H](O)[C@@H](COCc2ccccc2)OCc2ccc(C=O)cc2)cc1. The van der Waals surface area contributed by atoms with Gasteiger partial charge in [0.05, 0.1) is 39.6 Å². The Hall–Kier alpha value is -4.02. The molecule has 0 radical (unpaired) electrons. The number of carbonyl (C=O) groups excluding carboxylic acids is 2. The van der Waals surface area contributed by atoms with Gasteiger partial charge in [0, 0.05) is 11.1 Å². The van der Waals surface area contributed by atoms with Crippen molar-refractivity contribution >= 4 is 12.6 Å². The molecular weight excluding hydrogens is 560 g/mol. The molecule has 230 valence electrons. The summed E-state index contributed by atoms with van der Waals surface area (Å²) < 4.78 is 24.0. The maximum absolute atomic E-state index is 11.4. The van der Waals surface area contributed by atoms with Crippen molar-refractivity contribution in [3.63, 3.8) is 0 Å². The number of benzene rings is 4. The van der Waals surface area contributed by atoms with Gasteiger partial charge in [-0.3, -0.25) is 9.59 Å². The number of aliphatic hydroxyl groups excluding tert-OH is 2. The molecule has 0 amide bonds. The minimum Gasteiger partial charge on any atom is -0.388 e. The van der Waals surface area contributed by atoms with Gasteiger partial charge in [-0.15, -0.1) is 0 Å². The van der Waals surface area contributed by atoms with Crippen LogP contribution in [0.15, 0.2) is 109 Å². The molecule has 0 unspecified atom stereocenters. The average molecular weight is 599 g/mol.